The molecule has 0 spiro atoms. The molecule has 0 atom stereocenters. The normalized spacial score (nSPS) is 14.4. The van der Waals surface area contributed by atoms with Crippen molar-refractivity contribution in [2.45, 2.75) is 0 Å². The van der Waals surface area contributed by atoms with Crippen molar-refractivity contribution in [3.05, 3.63) is 90.1 Å². The number of nitrogens with zero attached hydrogens (tertiary/aromatic N) is 1. The average Bonchev–Trinajstić information content (AvgIpc) is 3.07. The predicted octanol–water partition coefficient (Wildman–Crippen LogP) is 3.89. The van der Waals surface area contributed by atoms with Crippen LogP contribution in [0, 0.1) is 0 Å². The molecule has 0 aliphatic carbocycles. The average molecular weight is 427 g/mol. The molecular formula is C25H21N3O4. The van der Waals surface area contributed by atoms with Crippen LogP contribution in [0.25, 0.3) is 17.2 Å². The van der Waals surface area contributed by atoms with E-state index >= 15 is 0 Å². The van der Waals surface area contributed by atoms with Crippen LogP contribution in [0.5, 0.6) is 5.75 Å². The van der Waals surface area contributed by atoms with Crippen molar-refractivity contribution < 1.29 is 19.1 Å². The Hall–Kier alpha value is -4.39. The Kier molecular flexibility index (Phi) is 5.98. The lowest BCUT2D eigenvalue weighted by molar-refractivity contribution is -0.127. The molecule has 0 unspecified atom stereocenters. The molecule has 3 aromatic rings. The quantitative estimate of drug-likeness (QED) is 0.461. The summed E-state index contributed by atoms with van der Waals surface area (Å²) in [5, 5.41) is 5.20. The van der Waals surface area contributed by atoms with Crippen LogP contribution in [0.1, 0.15) is 5.56 Å². The number of ether oxygens (including phenoxy) is 1. The summed E-state index contributed by atoms with van der Waals surface area (Å²) in [4.78, 5) is 38.0. The first-order chi connectivity index (χ1) is 15.5. The van der Waals surface area contributed by atoms with E-state index < -0.39 is 17.8 Å². The number of carbonyl (C=O) groups is 3. The smallest absolute Gasteiger partial charge is 0.329 e. The third kappa shape index (κ3) is 4.67. The van der Waals surface area contributed by atoms with E-state index in [0.717, 1.165) is 27.3 Å². The van der Waals surface area contributed by atoms with Crippen molar-refractivity contribution >= 4 is 29.6 Å². The number of amides is 4. The minimum atomic E-state index is -0.627. The Morgan fingerprint density at radius 1 is 0.969 bits per heavy atom. The summed E-state index contributed by atoms with van der Waals surface area (Å²) >= 11 is 0. The molecule has 1 heterocycles. The Labute approximate surface area is 185 Å². The fourth-order valence-corrected chi connectivity index (χ4v) is 3.32. The van der Waals surface area contributed by atoms with E-state index in [9.17, 15) is 14.4 Å². The number of hydrogen-bond acceptors (Lipinski definition) is 4. The zero-order valence-corrected chi connectivity index (χ0v) is 17.4. The van der Waals surface area contributed by atoms with Crippen LogP contribution in [0.3, 0.4) is 0 Å². The van der Waals surface area contributed by atoms with Gasteiger partial charge in [0.2, 0.25) is 5.91 Å². The van der Waals surface area contributed by atoms with Crippen LogP contribution in [0.4, 0.5) is 10.5 Å². The van der Waals surface area contributed by atoms with Gasteiger partial charge in [-0.25, -0.2) is 9.69 Å². The SMILES string of the molecule is COc1cccc(-c2ccc(C=C3NC(=O)N(CC(=O)Nc4ccccc4)C3=O)cc2)c1. The second-order valence-electron chi connectivity index (χ2n) is 7.15. The van der Waals surface area contributed by atoms with Gasteiger partial charge in [-0.15, -0.1) is 0 Å². The summed E-state index contributed by atoms with van der Waals surface area (Å²) in [6.45, 7) is -0.369. The number of hydrogen-bond donors (Lipinski definition) is 2. The third-order valence-corrected chi connectivity index (χ3v) is 4.95. The van der Waals surface area contributed by atoms with E-state index in [2.05, 4.69) is 10.6 Å². The van der Waals surface area contributed by atoms with Crippen molar-refractivity contribution in [2.24, 2.45) is 0 Å². The van der Waals surface area contributed by atoms with Gasteiger partial charge in [0, 0.05) is 5.69 Å². The number of urea groups is 1. The number of benzene rings is 3. The molecule has 4 rings (SSSR count). The van der Waals surface area contributed by atoms with Crippen molar-refractivity contribution in [2.75, 3.05) is 19.0 Å². The van der Waals surface area contributed by atoms with Gasteiger partial charge in [-0.2, -0.15) is 0 Å². The molecule has 0 saturated carbocycles. The third-order valence-electron chi connectivity index (χ3n) is 4.95. The topological polar surface area (TPSA) is 87.7 Å². The minimum Gasteiger partial charge on any atom is -0.497 e. The number of rotatable bonds is 6. The van der Waals surface area contributed by atoms with Crippen molar-refractivity contribution in [3.63, 3.8) is 0 Å². The van der Waals surface area contributed by atoms with E-state index in [1.54, 1.807) is 37.5 Å². The molecule has 160 valence electrons. The Morgan fingerprint density at radius 2 is 1.72 bits per heavy atom. The summed E-state index contributed by atoms with van der Waals surface area (Å²) in [7, 11) is 1.62. The molecule has 7 heteroatoms. The van der Waals surface area contributed by atoms with Crippen molar-refractivity contribution in [1.82, 2.24) is 10.2 Å². The number of para-hydroxylation sites is 1. The highest BCUT2D eigenvalue weighted by molar-refractivity contribution is 6.15. The van der Waals surface area contributed by atoms with Crippen LogP contribution >= 0.6 is 0 Å². The minimum absolute atomic E-state index is 0.122. The molecule has 3 aromatic carbocycles. The van der Waals surface area contributed by atoms with Gasteiger partial charge >= 0.3 is 6.03 Å². The van der Waals surface area contributed by atoms with E-state index in [1.165, 1.54) is 0 Å². The van der Waals surface area contributed by atoms with Crippen LogP contribution in [-0.2, 0) is 9.59 Å². The monoisotopic (exact) mass is 427 g/mol. The zero-order valence-electron chi connectivity index (χ0n) is 17.4. The maximum Gasteiger partial charge on any atom is 0.329 e. The second-order valence-corrected chi connectivity index (χ2v) is 7.15. The molecule has 4 amide bonds. The lowest BCUT2D eigenvalue weighted by Crippen LogP contribution is -2.38. The number of imide groups is 1. The van der Waals surface area contributed by atoms with Crippen LogP contribution in [-0.4, -0.2) is 36.4 Å². The lowest BCUT2D eigenvalue weighted by Gasteiger charge is -2.11. The van der Waals surface area contributed by atoms with Gasteiger partial charge in [0.25, 0.3) is 5.91 Å². The first-order valence-corrected chi connectivity index (χ1v) is 9.97. The molecule has 1 aliphatic heterocycles. The van der Waals surface area contributed by atoms with Gasteiger partial charge < -0.3 is 15.4 Å². The first-order valence-electron chi connectivity index (χ1n) is 9.97. The second kappa shape index (κ2) is 9.18. The summed E-state index contributed by atoms with van der Waals surface area (Å²) in [5.41, 5.74) is 3.46. The fraction of sp³-hybridized carbons (Fsp3) is 0.0800. The first kappa shape index (κ1) is 20.9. The maximum absolute atomic E-state index is 12.6. The van der Waals surface area contributed by atoms with Gasteiger partial charge in [0.05, 0.1) is 7.11 Å². The lowest BCUT2D eigenvalue weighted by atomic mass is 10.0. The molecular weight excluding hydrogens is 406 g/mol. The molecule has 0 aromatic heterocycles. The van der Waals surface area contributed by atoms with Crippen molar-refractivity contribution in [1.29, 1.82) is 0 Å². The highest BCUT2D eigenvalue weighted by Gasteiger charge is 2.34. The molecule has 1 fully saturated rings. The van der Waals surface area contributed by atoms with E-state index in [-0.39, 0.29) is 12.2 Å². The fourth-order valence-electron chi connectivity index (χ4n) is 3.32. The molecule has 32 heavy (non-hydrogen) atoms. The molecule has 2 N–H and O–H groups in total. The summed E-state index contributed by atoms with van der Waals surface area (Å²) < 4.78 is 5.26. The molecule has 7 nitrogen and oxygen atoms in total. The Morgan fingerprint density at radius 3 is 2.44 bits per heavy atom. The van der Waals surface area contributed by atoms with Gasteiger partial charge in [0.1, 0.15) is 18.0 Å². The van der Waals surface area contributed by atoms with E-state index in [4.69, 9.17) is 4.74 Å². The number of nitrogens with one attached hydrogen (secondary N) is 2. The largest absolute Gasteiger partial charge is 0.497 e. The maximum atomic E-state index is 12.6. The van der Waals surface area contributed by atoms with Crippen molar-refractivity contribution in [3.8, 4) is 16.9 Å². The van der Waals surface area contributed by atoms with Crippen LogP contribution in [0.15, 0.2) is 84.6 Å². The summed E-state index contributed by atoms with van der Waals surface area (Å²) in [5.74, 6) is -0.233. The van der Waals surface area contributed by atoms with Crippen LogP contribution < -0.4 is 15.4 Å². The predicted molar refractivity (Wildman–Crippen MR) is 122 cm³/mol. The molecule has 1 saturated heterocycles. The number of methoxy groups -OCH3 is 1. The van der Waals surface area contributed by atoms with Gasteiger partial charge in [0.15, 0.2) is 0 Å². The number of carbonyl (C=O) groups excluding carboxylic acids is 3. The van der Waals surface area contributed by atoms with Gasteiger partial charge in [-0.1, -0.05) is 54.6 Å². The molecule has 1 aliphatic rings. The Bertz CT molecular complexity index is 1190. The number of anilines is 1. The Balaban J connectivity index is 1.44. The highest BCUT2D eigenvalue weighted by Crippen LogP contribution is 2.25. The van der Waals surface area contributed by atoms with E-state index in [1.807, 2.05) is 54.6 Å². The van der Waals surface area contributed by atoms with Crippen LogP contribution in [0.2, 0.25) is 0 Å². The molecule has 0 radical (unpaired) electrons. The van der Waals surface area contributed by atoms with E-state index in [0.29, 0.717) is 5.69 Å². The zero-order chi connectivity index (χ0) is 22.5. The standard InChI is InChI=1S/C25H21N3O4/c1-32-21-9-5-6-19(15-21)18-12-10-17(11-13-18)14-22-24(30)28(25(31)27-22)16-23(29)26-20-7-3-2-4-8-20/h2-15H,16H2,1H3,(H,26,29)(H,27,31). The molecule has 0 bridgehead atoms. The summed E-state index contributed by atoms with van der Waals surface area (Å²) in [6, 6.07) is 23.5. The van der Waals surface area contributed by atoms with Gasteiger partial charge in [-0.05, 0) is 47.0 Å². The summed E-state index contributed by atoms with van der Waals surface area (Å²) in [6.07, 6.45) is 1.59. The van der Waals surface area contributed by atoms with Gasteiger partial charge in [-0.3, -0.25) is 9.59 Å². The highest BCUT2D eigenvalue weighted by atomic mass is 16.5.